The lowest BCUT2D eigenvalue weighted by molar-refractivity contribution is 0.208. The van der Waals surface area contributed by atoms with E-state index in [0.29, 0.717) is 18.4 Å². The van der Waals surface area contributed by atoms with Gasteiger partial charge in [0.05, 0.1) is 0 Å². The Morgan fingerprint density at radius 1 is 1.33 bits per heavy atom. The van der Waals surface area contributed by atoms with Crippen LogP contribution in [0.1, 0.15) is 12.8 Å². The average Bonchev–Trinajstić information content (AvgIpc) is 3.09. The monoisotopic (exact) mass is 291 g/mol. The first kappa shape index (κ1) is 13.6. The summed E-state index contributed by atoms with van der Waals surface area (Å²) in [5.41, 5.74) is 2.43. The van der Waals surface area contributed by atoms with E-state index in [1.807, 2.05) is 4.90 Å². The molecule has 21 heavy (non-hydrogen) atoms. The number of aromatic nitrogens is 6. The molecule has 2 aromatic rings. The van der Waals surface area contributed by atoms with Crippen LogP contribution in [-0.2, 0) is 0 Å². The Morgan fingerprint density at radius 2 is 2.19 bits per heavy atom. The SMILES string of the molecule is NNc1nc(N2CCCC(CO)C2)nc(-n2cncn2)n1. The van der Waals surface area contributed by atoms with Crippen molar-refractivity contribution >= 4 is 11.9 Å². The zero-order chi connectivity index (χ0) is 14.7. The third-order valence-corrected chi connectivity index (χ3v) is 3.42. The molecule has 1 aliphatic heterocycles. The third-order valence-electron chi connectivity index (χ3n) is 3.42. The van der Waals surface area contributed by atoms with E-state index in [1.54, 1.807) is 0 Å². The molecule has 1 atom stereocenters. The van der Waals surface area contributed by atoms with Gasteiger partial charge in [-0.3, -0.25) is 5.43 Å². The standard InChI is InChI=1S/C11H17N9O/c12-18-9-15-10(19-3-1-2-8(4-19)5-21)17-11(16-9)20-7-13-6-14-20/h6-8,21H,1-5,12H2,(H,15,16,17,18). The lowest BCUT2D eigenvalue weighted by atomic mass is 9.99. The van der Waals surface area contributed by atoms with Gasteiger partial charge in [0.25, 0.3) is 5.95 Å². The van der Waals surface area contributed by atoms with Gasteiger partial charge < -0.3 is 10.0 Å². The van der Waals surface area contributed by atoms with Crippen LogP contribution in [0.15, 0.2) is 12.7 Å². The summed E-state index contributed by atoms with van der Waals surface area (Å²) in [4.78, 5) is 18.7. The molecule has 0 aromatic carbocycles. The Hall–Kier alpha value is -2.33. The number of aliphatic hydroxyl groups excluding tert-OH is 1. The van der Waals surface area contributed by atoms with Crippen molar-refractivity contribution in [3.63, 3.8) is 0 Å². The van der Waals surface area contributed by atoms with Crippen molar-refractivity contribution in [3.8, 4) is 5.95 Å². The fraction of sp³-hybridized carbons (Fsp3) is 0.545. The van der Waals surface area contributed by atoms with Crippen molar-refractivity contribution in [2.45, 2.75) is 12.8 Å². The van der Waals surface area contributed by atoms with Crippen LogP contribution in [0.2, 0.25) is 0 Å². The minimum Gasteiger partial charge on any atom is -0.396 e. The molecule has 112 valence electrons. The fourth-order valence-corrected chi connectivity index (χ4v) is 2.37. The summed E-state index contributed by atoms with van der Waals surface area (Å²) in [5.74, 6) is 6.77. The summed E-state index contributed by atoms with van der Waals surface area (Å²) >= 11 is 0. The number of rotatable bonds is 4. The average molecular weight is 291 g/mol. The van der Waals surface area contributed by atoms with Crippen LogP contribution in [-0.4, -0.2) is 54.5 Å². The van der Waals surface area contributed by atoms with Crippen molar-refractivity contribution in [1.82, 2.24) is 29.7 Å². The second kappa shape index (κ2) is 5.97. The van der Waals surface area contributed by atoms with E-state index in [0.717, 1.165) is 19.4 Å². The predicted molar refractivity (Wildman–Crippen MR) is 74.6 cm³/mol. The van der Waals surface area contributed by atoms with Crippen LogP contribution in [0.25, 0.3) is 5.95 Å². The van der Waals surface area contributed by atoms with E-state index >= 15 is 0 Å². The van der Waals surface area contributed by atoms with Crippen LogP contribution < -0.4 is 16.2 Å². The number of hydrazine groups is 1. The second-order valence-electron chi connectivity index (χ2n) is 4.88. The molecule has 3 heterocycles. The first-order valence-electron chi connectivity index (χ1n) is 6.73. The molecule has 10 nitrogen and oxygen atoms in total. The van der Waals surface area contributed by atoms with Gasteiger partial charge >= 0.3 is 0 Å². The summed E-state index contributed by atoms with van der Waals surface area (Å²) in [6.45, 7) is 1.71. The molecule has 4 N–H and O–H groups in total. The predicted octanol–water partition coefficient (Wildman–Crippen LogP) is -1.05. The molecule has 3 rings (SSSR count). The number of piperidine rings is 1. The van der Waals surface area contributed by atoms with Crippen LogP contribution in [0, 0.1) is 5.92 Å². The van der Waals surface area contributed by atoms with Crippen molar-refractivity contribution < 1.29 is 5.11 Å². The second-order valence-corrected chi connectivity index (χ2v) is 4.88. The van der Waals surface area contributed by atoms with Gasteiger partial charge in [-0.2, -0.15) is 24.7 Å². The quantitative estimate of drug-likeness (QED) is 0.476. The zero-order valence-electron chi connectivity index (χ0n) is 11.4. The van der Waals surface area contributed by atoms with E-state index in [-0.39, 0.29) is 18.5 Å². The highest BCUT2D eigenvalue weighted by molar-refractivity contribution is 5.39. The van der Waals surface area contributed by atoms with Gasteiger partial charge in [0.15, 0.2) is 0 Å². The summed E-state index contributed by atoms with van der Waals surface area (Å²) in [6.07, 6.45) is 4.91. The molecule has 0 saturated carbocycles. The highest BCUT2D eigenvalue weighted by Gasteiger charge is 2.22. The van der Waals surface area contributed by atoms with Gasteiger partial charge in [0, 0.05) is 19.7 Å². The number of nitrogens with two attached hydrogens (primary N) is 1. The normalized spacial score (nSPS) is 18.8. The lowest BCUT2D eigenvalue weighted by Gasteiger charge is -2.31. The Labute approximate surface area is 121 Å². The minimum atomic E-state index is 0.166. The molecule has 0 spiro atoms. The van der Waals surface area contributed by atoms with E-state index < -0.39 is 0 Å². The molecular formula is C11H17N9O. The molecule has 10 heteroatoms. The highest BCUT2D eigenvalue weighted by Crippen LogP contribution is 2.21. The van der Waals surface area contributed by atoms with Crippen LogP contribution in [0.4, 0.5) is 11.9 Å². The van der Waals surface area contributed by atoms with Gasteiger partial charge in [-0.1, -0.05) is 0 Å². The first-order valence-corrected chi connectivity index (χ1v) is 6.73. The molecule has 1 aliphatic rings. The smallest absolute Gasteiger partial charge is 0.258 e. The molecule has 0 amide bonds. The van der Waals surface area contributed by atoms with Crippen molar-refractivity contribution in [2.75, 3.05) is 30.0 Å². The molecule has 1 saturated heterocycles. The lowest BCUT2D eigenvalue weighted by Crippen LogP contribution is -2.38. The van der Waals surface area contributed by atoms with Crippen LogP contribution in [0.5, 0.6) is 0 Å². The van der Waals surface area contributed by atoms with Crippen LogP contribution >= 0.6 is 0 Å². The van der Waals surface area contributed by atoms with Crippen molar-refractivity contribution in [1.29, 1.82) is 0 Å². The third kappa shape index (κ3) is 2.90. The van der Waals surface area contributed by atoms with E-state index in [4.69, 9.17) is 5.84 Å². The summed E-state index contributed by atoms with van der Waals surface area (Å²) in [6, 6.07) is 0. The molecular weight excluding hydrogens is 274 g/mol. The maximum absolute atomic E-state index is 9.33. The Balaban J connectivity index is 1.92. The Bertz CT molecular complexity index is 587. The number of nitrogen functional groups attached to an aromatic ring is 1. The molecule has 2 aromatic heterocycles. The Kier molecular flexibility index (Phi) is 3.88. The number of aliphatic hydroxyl groups is 1. The van der Waals surface area contributed by atoms with Gasteiger partial charge in [-0.05, 0) is 18.8 Å². The molecule has 0 radical (unpaired) electrons. The van der Waals surface area contributed by atoms with Crippen molar-refractivity contribution in [3.05, 3.63) is 12.7 Å². The topological polar surface area (TPSA) is 131 Å². The van der Waals surface area contributed by atoms with Crippen LogP contribution in [0.3, 0.4) is 0 Å². The summed E-state index contributed by atoms with van der Waals surface area (Å²) < 4.78 is 1.44. The fourth-order valence-electron chi connectivity index (χ4n) is 2.37. The molecule has 1 unspecified atom stereocenters. The highest BCUT2D eigenvalue weighted by atomic mass is 16.3. The molecule has 1 fully saturated rings. The molecule has 0 bridgehead atoms. The van der Waals surface area contributed by atoms with Gasteiger partial charge in [0.1, 0.15) is 12.7 Å². The maximum Gasteiger partial charge on any atom is 0.258 e. The Morgan fingerprint density at radius 3 is 2.90 bits per heavy atom. The minimum absolute atomic E-state index is 0.166. The van der Waals surface area contributed by atoms with Gasteiger partial charge in [-0.15, -0.1) is 0 Å². The number of nitrogens with one attached hydrogen (secondary N) is 1. The largest absolute Gasteiger partial charge is 0.396 e. The number of anilines is 2. The van der Waals surface area contributed by atoms with Crippen molar-refractivity contribution in [2.24, 2.45) is 11.8 Å². The molecule has 0 aliphatic carbocycles. The number of hydrogen-bond donors (Lipinski definition) is 3. The summed E-state index contributed by atoms with van der Waals surface area (Å²) in [5, 5.41) is 13.3. The van der Waals surface area contributed by atoms with E-state index in [2.05, 4.69) is 30.5 Å². The zero-order valence-corrected chi connectivity index (χ0v) is 11.4. The summed E-state index contributed by atoms with van der Waals surface area (Å²) in [7, 11) is 0. The van der Waals surface area contributed by atoms with E-state index in [1.165, 1.54) is 17.3 Å². The maximum atomic E-state index is 9.33. The number of hydrogen-bond acceptors (Lipinski definition) is 9. The van der Waals surface area contributed by atoms with Gasteiger partial charge in [-0.25, -0.2) is 10.8 Å². The van der Waals surface area contributed by atoms with E-state index in [9.17, 15) is 5.11 Å². The van der Waals surface area contributed by atoms with Gasteiger partial charge in [0.2, 0.25) is 11.9 Å². The first-order chi connectivity index (χ1) is 10.3. The number of nitrogens with zero attached hydrogens (tertiary/aromatic N) is 7.